The largest absolute Gasteiger partial charge is 0.387 e. The molecule has 1 aromatic carbocycles. The first-order valence-corrected chi connectivity index (χ1v) is 8.63. The smallest absolute Gasteiger partial charge is 0.262 e. The van der Waals surface area contributed by atoms with Crippen LogP contribution in [-0.2, 0) is 17.0 Å². The van der Waals surface area contributed by atoms with Crippen molar-refractivity contribution >= 4 is 29.1 Å². The van der Waals surface area contributed by atoms with Crippen LogP contribution in [-0.4, -0.2) is 16.0 Å². The number of fused-ring (bicyclic) bond motifs is 1. The molecular formula is C18H17Cl2FN2O2. The number of alkyl halides is 1. The van der Waals surface area contributed by atoms with Crippen molar-refractivity contribution in [3.63, 3.8) is 0 Å². The predicted octanol–water partition coefficient (Wildman–Crippen LogP) is 4.01. The molecule has 1 aliphatic carbocycles. The number of halogens is 3. The lowest BCUT2D eigenvalue weighted by atomic mass is 9.81. The van der Waals surface area contributed by atoms with E-state index in [-0.39, 0.29) is 30.6 Å². The van der Waals surface area contributed by atoms with Crippen LogP contribution in [0.1, 0.15) is 41.3 Å². The van der Waals surface area contributed by atoms with Gasteiger partial charge in [0.25, 0.3) is 5.91 Å². The Morgan fingerprint density at radius 3 is 2.96 bits per heavy atom. The Kier molecular flexibility index (Phi) is 5.00. The molecule has 1 aromatic heterocycles. The summed E-state index contributed by atoms with van der Waals surface area (Å²) in [7, 11) is 0. The summed E-state index contributed by atoms with van der Waals surface area (Å²) < 4.78 is 15.5. The number of aromatic nitrogens is 1. The number of nitrogens with one attached hydrogen (secondary N) is 1. The average Bonchev–Trinajstić information content (AvgIpc) is 2.57. The van der Waals surface area contributed by atoms with Crippen LogP contribution in [0.3, 0.4) is 0 Å². The zero-order valence-corrected chi connectivity index (χ0v) is 15.0. The molecule has 0 radical (unpaired) electrons. The number of aliphatic hydroxyl groups excluding tert-OH is 1. The highest BCUT2D eigenvalue weighted by atomic mass is 35.5. The molecular weight excluding hydrogens is 366 g/mol. The Hall–Kier alpha value is -1.69. The van der Waals surface area contributed by atoms with Crippen LogP contribution in [0.4, 0.5) is 4.39 Å². The first kappa shape index (κ1) is 18.1. The third kappa shape index (κ3) is 3.36. The van der Waals surface area contributed by atoms with Gasteiger partial charge in [-0.25, -0.2) is 4.39 Å². The summed E-state index contributed by atoms with van der Waals surface area (Å²) in [6, 6.07) is 6.36. The Bertz CT molecular complexity index is 807. The maximum atomic E-state index is 15.5. The van der Waals surface area contributed by atoms with Crippen LogP contribution in [0, 0.1) is 6.92 Å². The second kappa shape index (κ2) is 6.90. The SMILES string of the molecule is Cc1cc(Cl)cc(Cl)c1CNC(=O)[C@@]1(F)CC[C@@H](O)c2ncccc21. The number of nitrogens with zero attached hydrogens (tertiary/aromatic N) is 1. The number of carbonyl (C=O) groups excluding carboxylic acids is 1. The van der Waals surface area contributed by atoms with Gasteiger partial charge in [0.2, 0.25) is 5.67 Å². The van der Waals surface area contributed by atoms with Gasteiger partial charge in [0, 0.05) is 28.4 Å². The van der Waals surface area contributed by atoms with Crippen LogP contribution < -0.4 is 5.32 Å². The first-order valence-electron chi connectivity index (χ1n) is 7.88. The van der Waals surface area contributed by atoms with Crippen LogP contribution >= 0.6 is 23.2 Å². The number of hydrogen-bond donors (Lipinski definition) is 2. The van der Waals surface area contributed by atoms with Gasteiger partial charge in [-0.2, -0.15) is 0 Å². The van der Waals surface area contributed by atoms with Gasteiger partial charge in [-0.3, -0.25) is 9.78 Å². The van der Waals surface area contributed by atoms with Crippen molar-refractivity contribution in [2.75, 3.05) is 0 Å². The van der Waals surface area contributed by atoms with E-state index in [1.54, 1.807) is 18.2 Å². The zero-order valence-electron chi connectivity index (χ0n) is 13.5. The highest BCUT2D eigenvalue weighted by Crippen LogP contribution is 2.42. The number of aliphatic hydroxyl groups is 1. The molecule has 0 spiro atoms. The normalized spacial score (nSPS) is 22.4. The van der Waals surface area contributed by atoms with Crippen LogP contribution in [0.5, 0.6) is 0 Å². The van der Waals surface area contributed by atoms with E-state index in [1.165, 1.54) is 12.3 Å². The second-order valence-electron chi connectivity index (χ2n) is 6.16. The molecule has 0 aliphatic heterocycles. The minimum atomic E-state index is -2.23. The molecule has 0 bridgehead atoms. The van der Waals surface area contributed by atoms with Crippen molar-refractivity contribution in [3.05, 3.63) is 62.9 Å². The van der Waals surface area contributed by atoms with E-state index in [0.29, 0.717) is 15.6 Å². The molecule has 4 nitrogen and oxygen atoms in total. The van der Waals surface area contributed by atoms with E-state index in [2.05, 4.69) is 10.3 Å². The van der Waals surface area contributed by atoms with Gasteiger partial charge in [-0.1, -0.05) is 29.3 Å². The number of benzene rings is 1. The molecule has 0 unspecified atom stereocenters. The third-order valence-electron chi connectivity index (χ3n) is 4.51. The van der Waals surface area contributed by atoms with Gasteiger partial charge in [-0.15, -0.1) is 0 Å². The first-order chi connectivity index (χ1) is 11.8. The summed E-state index contributed by atoms with van der Waals surface area (Å²) >= 11 is 12.1. The molecule has 2 N–H and O–H groups in total. The van der Waals surface area contributed by atoms with E-state index in [4.69, 9.17) is 23.2 Å². The van der Waals surface area contributed by atoms with Crippen molar-refractivity contribution in [1.82, 2.24) is 10.3 Å². The molecule has 132 valence electrons. The highest BCUT2D eigenvalue weighted by molar-refractivity contribution is 6.35. The van der Waals surface area contributed by atoms with Crippen molar-refractivity contribution < 1.29 is 14.3 Å². The van der Waals surface area contributed by atoms with Crippen molar-refractivity contribution in [2.24, 2.45) is 0 Å². The Labute approximate surface area is 155 Å². The molecule has 7 heteroatoms. The lowest BCUT2D eigenvalue weighted by molar-refractivity contribution is -0.135. The van der Waals surface area contributed by atoms with Crippen LogP contribution in [0.15, 0.2) is 30.5 Å². The summed E-state index contributed by atoms with van der Waals surface area (Å²) in [5.74, 6) is -0.765. The Morgan fingerprint density at radius 2 is 2.24 bits per heavy atom. The van der Waals surface area contributed by atoms with Crippen LogP contribution in [0.25, 0.3) is 0 Å². The fourth-order valence-corrected chi connectivity index (χ4v) is 3.79. The minimum absolute atomic E-state index is 0.0878. The molecule has 3 rings (SSSR count). The number of pyridine rings is 1. The fraction of sp³-hybridized carbons (Fsp3) is 0.333. The number of hydrogen-bond acceptors (Lipinski definition) is 3. The molecule has 25 heavy (non-hydrogen) atoms. The maximum Gasteiger partial charge on any atom is 0.262 e. The Balaban J connectivity index is 1.84. The quantitative estimate of drug-likeness (QED) is 0.842. The number of amides is 1. The molecule has 0 fully saturated rings. The standard InChI is InChI=1S/C18H17Cl2FN2O2/c1-10-7-11(19)8-14(20)12(10)9-23-17(25)18(21)5-4-15(24)16-13(18)3-2-6-22-16/h2-3,6-8,15,24H,4-5,9H2,1H3,(H,23,25)/t15-,18-/m1/s1. The Morgan fingerprint density at radius 1 is 1.48 bits per heavy atom. The van der Waals surface area contributed by atoms with Crippen molar-refractivity contribution in [3.8, 4) is 0 Å². The summed E-state index contributed by atoms with van der Waals surface area (Å²) in [5.41, 5.74) is -0.398. The molecule has 1 amide bonds. The highest BCUT2D eigenvalue weighted by Gasteiger charge is 2.46. The van der Waals surface area contributed by atoms with Gasteiger partial charge >= 0.3 is 0 Å². The second-order valence-corrected chi connectivity index (χ2v) is 7.00. The predicted molar refractivity (Wildman–Crippen MR) is 94.3 cm³/mol. The molecule has 0 saturated carbocycles. The maximum absolute atomic E-state index is 15.5. The summed E-state index contributed by atoms with van der Waals surface area (Å²) in [5, 5.41) is 13.5. The molecule has 2 aromatic rings. The lowest BCUT2D eigenvalue weighted by Crippen LogP contribution is -2.44. The number of rotatable bonds is 3. The van der Waals surface area contributed by atoms with E-state index >= 15 is 4.39 Å². The average molecular weight is 383 g/mol. The van der Waals surface area contributed by atoms with Gasteiger partial charge in [-0.05, 0) is 49.1 Å². The van der Waals surface area contributed by atoms with Crippen molar-refractivity contribution in [2.45, 2.75) is 38.1 Å². The fourth-order valence-electron chi connectivity index (χ4n) is 3.13. The van der Waals surface area contributed by atoms with E-state index in [0.717, 1.165) is 5.56 Å². The van der Waals surface area contributed by atoms with E-state index in [1.807, 2.05) is 6.92 Å². The van der Waals surface area contributed by atoms with Gasteiger partial charge in [0.1, 0.15) is 0 Å². The topological polar surface area (TPSA) is 62.2 Å². The van der Waals surface area contributed by atoms with E-state index < -0.39 is 17.7 Å². The number of carbonyl (C=O) groups is 1. The zero-order chi connectivity index (χ0) is 18.2. The summed E-state index contributed by atoms with van der Waals surface area (Å²) in [4.78, 5) is 16.6. The summed E-state index contributed by atoms with van der Waals surface area (Å²) in [6.07, 6.45) is 0.643. The molecule has 1 heterocycles. The molecule has 2 atom stereocenters. The molecule has 0 saturated heterocycles. The lowest BCUT2D eigenvalue weighted by Gasteiger charge is -2.32. The van der Waals surface area contributed by atoms with Crippen LogP contribution in [0.2, 0.25) is 10.0 Å². The number of aryl methyl sites for hydroxylation is 1. The summed E-state index contributed by atoms with van der Waals surface area (Å²) in [6.45, 7) is 1.91. The van der Waals surface area contributed by atoms with Crippen molar-refractivity contribution in [1.29, 1.82) is 0 Å². The monoisotopic (exact) mass is 382 g/mol. The molecule has 1 aliphatic rings. The van der Waals surface area contributed by atoms with Gasteiger partial charge < -0.3 is 10.4 Å². The minimum Gasteiger partial charge on any atom is -0.387 e. The van der Waals surface area contributed by atoms with Gasteiger partial charge in [0.15, 0.2) is 0 Å². The third-order valence-corrected chi connectivity index (χ3v) is 5.07. The van der Waals surface area contributed by atoms with Gasteiger partial charge in [0.05, 0.1) is 11.8 Å². The van der Waals surface area contributed by atoms with E-state index in [9.17, 15) is 9.90 Å².